The molecule has 1 aromatic heterocycles. The van der Waals surface area contributed by atoms with Crippen molar-refractivity contribution in [1.29, 1.82) is 0 Å². The van der Waals surface area contributed by atoms with Gasteiger partial charge in [0.1, 0.15) is 0 Å². The van der Waals surface area contributed by atoms with Crippen molar-refractivity contribution in [3.05, 3.63) is 22.9 Å². The minimum Gasteiger partial charge on any atom is -0.370 e. The Balaban J connectivity index is 1.57. The van der Waals surface area contributed by atoms with Crippen LogP contribution in [0.2, 0.25) is 0 Å². The van der Waals surface area contributed by atoms with Crippen LogP contribution in [0.3, 0.4) is 0 Å². The first kappa shape index (κ1) is 15.2. The summed E-state index contributed by atoms with van der Waals surface area (Å²) in [6.07, 6.45) is 5.84. The van der Waals surface area contributed by atoms with Gasteiger partial charge in [-0.25, -0.2) is 8.42 Å². The fourth-order valence-corrected chi connectivity index (χ4v) is 4.92. The van der Waals surface area contributed by atoms with Crippen LogP contribution in [-0.2, 0) is 9.84 Å². The SMILES string of the molecule is O=S1(=O)CCN(C2CCN(c3ccncc3Br)CC2)CC1. The molecule has 0 N–H and O–H groups in total. The molecule has 1 aromatic rings. The third kappa shape index (κ3) is 3.57. The van der Waals surface area contributed by atoms with E-state index in [-0.39, 0.29) is 0 Å². The second kappa shape index (κ2) is 6.22. The zero-order chi connectivity index (χ0) is 14.9. The largest absolute Gasteiger partial charge is 0.370 e. The Hall–Kier alpha value is -0.660. The number of sulfone groups is 1. The quantitative estimate of drug-likeness (QED) is 0.786. The normalized spacial score (nSPS) is 24.1. The maximum Gasteiger partial charge on any atom is 0.152 e. The van der Waals surface area contributed by atoms with Gasteiger partial charge in [0.15, 0.2) is 9.84 Å². The minimum absolute atomic E-state index is 0.323. The summed E-state index contributed by atoms with van der Waals surface area (Å²) in [6, 6.07) is 2.56. The highest BCUT2D eigenvalue weighted by atomic mass is 79.9. The maximum absolute atomic E-state index is 11.5. The van der Waals surface area contributed by atoms with E-state index in [1.807, 2.05) is 18.5 Å². The summed E-state index contributed by atoms with van der Waals surface area (Å²) >= 11 is 3.55. The van der Waals surface area contributed by atoms with E-state index in [1.54, 1.807) is 0 Å². The van der Waals surface area contributed by atoms with Crippen molar-refractivity contribution >= 4 is 31.5 Å². The van der Waals surface area contributed by atoms with Gasteiger partial charge in [0.05, 0.1) is 21.7 Å². The molecule has 21 heavy (non-hydrogen) atoms. The molecule has 3 heterocycles. The Morgan fingerprint density at radius 2 is 1.81 bits per heavy atom. The van der Waals surface area contributed by atoms with Crippen LogP contribution in [0.15, 0.2) is 22.9 Å². The van der Waals surface area contributed by atoms with Crippen molar-refractivity contribution in [3.8, 4) is 0 Å². The third-order valence-electron chi connectivity index (χ3n) is 4.45. The van der Waals surface area contributed by atoms with Crippen LogP contribution < -0.4 is 4.90 Å². The van der Waals surface area contributed by atoms with Crippen molar-refractivity contribution in [2.75, 3.05) is 42.6 Å². The van der Waals surface area contributed by atoms with Crippen molar-refractivity contribution in [3.63, 3.8) is 0 Å². The molecule has 116 valence electrons. The highest BCUT2D eigenvalue weighted by Gasteiger charge is 2.29. The number of aromatic nitrogens is 1. The minimum atomic E-state index is -2.78. The van der Waals surface area contributed by atoms with Crippen LogP contribution in [0.25, 0.3) is 0 Å². The van der Waals surface area contributed by atoms with Gasteiger partial charge in [-0.3, -0.25) is 9.88 Å². The summed E-state index contributed by atoms with van der Waals surface area (Å²) in [5.41, 5.74) is 1.20. The Labute approximate surface area is 134 Å². The highest BCUT2D eigenvalue weighted by Crippen LogP contribution is 2.28. The number of pyridine rings is 1. The van der Waals surface area contributed by atoms with E-state index in [4.69, 9.17) is 0 Å². The number of halogens is 1. The van der Waals surface area contributed by atoms with Gasteiger partial charge in [0.25, 0.3) is 0 Å². The number of hydrogen-bond donors (Lipinski definition) is 0. The monoisotopic (exact) mass is 373 g/mol. The molecule has 0 bridgehead atoms. The lowest BCUT2D eigenvalue weighted by atomic mass is 10.0. The second-order valence-electron chi connectivity index (χ2n) is 5.73. The van der Waals surface area contributed by atoms with Crippen LogP contribution in [-0.4, -0.2) is 62.0 Å². The van der Waals surface area contributed by atoms with Gasteiger partial charge in [-0.2, -0.15) is 0 Å². The average Bonchev–Trinajstić information content (AvgIpc) is 2.48. The molecule has 2 aliphatic rings. The number of rotatable bonds is 2. The Morgan fingerprint density at radius 1 is 1.14 bits per heavy atom. The van der Waals surface area contributed by atoms with Gasteiger partial charge in [0, 0.05) is 44.6 Å². The van der Waals surface area contributed by atoms with E-state index in [1.165, 1.54) is 5.69 Å². The van der Waals surface area contributed by atoms with Crippen molar-refractivity contribution in [1.82, 2.24) is 9.88 Å². The molecule has 2 saturated heterocycles. The van der Waals surface area contributed by atoms with Gasteiger partial charge in [0.2, 0.25) is 0 Å². The van der Waals surface area contributed by atoms with E-state index >= 15 is 0 Å². The molecular formula is C14H20BrN3O2S. The summed E-state index contributed by atoms with van der Waals surface area (Å²) in [7, 11) is -2.78. The van der Waals surface area contributed by atoms with E-state index in [2.05, 4.69) is 30.7 Å². The molecule has 3 rings (SSSR count). The number of piperidine rings is 1. The van der Waals surface area contributed by atoms with Gasteiger partial charge in [-0.15, -0.1) is 0 Å². The molecular weight excluding hydrogens is 354 g/mol. The molecule has 2 aliphatic heterocycles. The summed E-state index contributed by atoms with van der Waals surface area (Å²) < 4.78 is 24.0. The van der Waals surface area contributed by atoms with Crippen LogP contribution in [0.5, 0.6) is 0 Å². The first-order valence-electron chi connectivity index (χ1n) is 7.34. The smallest absolute Gasteiger partial charge is 0.152 e. The molecule has 0 spiro atoms. The topological polar surface area (TPSA) is 53.5 Å². The predicted octanol–water partition coefficient (Wildman–Crippen LogP) is 1.54. The maximum atomic E-state index is 11.5. The van der Waals surface area contributed by atoms with Gasteiger partial charge < -0.3 is 4.90 Å². The summed E-state index contributed by atoms with van der Waals surface area (Å²) in [5, 5.41) is 0. The van der Waals surface area contributed by atoms with Crippen LogP contribution >= 0.6 is 15.9 Å². The van der Waals surface area contributed by atoms with Gasteiger partial charge in [-0.1, -0.05) is 0 Å². The lowest BCUT2D eigenvalue weighted by Crippen LogP contribution is -2.50. The van der Waals surface area contributed by atoms with E-state index in [9.17, 15) is 8.42 Å². The standard InChI is InChI=1S/C14H20BrN3O2S/c15-13-11-16-4-1-14(13)18-5-2-12(3-6-18)17-7-9-21(19,20)10-8-17/h1,4,11-12H,2-3,5-10H2. The third-order valence-corrected chi connectivity index (χ3v) is 6.67. The number of nitrogens with zero attached hydrogens (tertiary/aromatic N) is 3. The summed E-state index contributed by atoms with van der Waals surface area (Å²) in [6.45, 7) is 3.42. The van der Waals surface area contributed by atoms with Crippen LogP contribution in [0.1, 0.15) is 12.8 Å². The Morgan fingerprint density at radius 3 is 2.43 bits per heavy atom. The lowest BCUT2D eigenvalue weighted by molar-refractivity contribution is 0.182. The molecule has 0 saturated carbocycles. The molecule has 5 nitrogen and oxygen atoms in total. The fourth-order valence-electron chi connectivity index (χ4n) is 3.19. The lowest BCUT2D eigenvalue weighted by Gasteiger charge is -2.41. The number of anilines is 1. The summed E-state index contributed by atoms with van der Waals surface area (Å²) in [5.74, 6) is 0.645. The summed E-state index contributed by atoms with van der Waals surface area (Å²) in [4.78, 5) is 8.84. The van der Waals surface area contributed by atoms with E-state index in [0.717, 1.165) is 30.4 Å². The van der Waals surface area contributed by atoms with Gasteiger partial charge in [-0.05, 0) is 34.8 Å². The van der Waals surface area contributed by atoms with Crippen molar-refractivity contribution in [2.24, 2.45) is 0 Å². The first-order chi connectivity index (χ1) is 10.1. The van der Waals surface area contributed by atoms with Crippen LogP contribution in [0.4, 0.5) is 5.69 Å². The molecule has 0 atom stereocenters. The van der Waals surface area contributed by atoms with Crippen LogP contribution in [0, 0.1) is 0 Å². The zero-order valence-corrected chi connectivity index (χ0v) is 14.3. The molecule has 0 radical (unpaired) electrons. The molecule has 0 aromatic carbocycles. The van der Waals surface area contributed by atoms with Crippen molar-refractivity contribution in [2.45, 2.75) is 18.9 Å². The molecule has 2 fully saturated rings. The second-order valence-corrected chi connectivity index (χ2v) is 8.89. The zero-order valence-electron chi connectivity index (χ0n) is 11.9. The first-order valence-corrected chi connectivity index (χ1v) is 9.95. The van der Waals surface area contributed by atoms with Gasteiger partial charge >= 0.3 is 0 Å². The molecule has 0 unspecified atom stereocenters. The van der Waals surface area contributed by atoms with E-state index < -0.39 is 9.84 Å². The number of hydrogen-bond acceptors (Lipinski definition) is 5. The predicted molar refractivity (Wildman–Crippen MR) is 87.4 cm³/mol. The molecule has 0 amide bonds. The Kier molecular flexibility index (Phi) is 4.51. The van der Waals surface area contributed by atoms with Crippen molar-refractivity contribution < 1.29 is 8.42 Å². The average molecular weight is 374 g/mol. The van der Waals surface area contributed by atoms with E-state index in [0.29, 0.717) is 30.6 Å². The fraction of sp³-hybridized carbons (Fsp3) is 0.643. The Bertz CT molecular complexity index is 586. The molecule has 7 heteroatoms. The molecule has 0 aliphatic carbocycles. The highest BCUT2D eigenvalue weighted by molar-refractivity contribution is 9.10.